The highest BCUT2D eigenvalue weighted by Gasteiger charge is 2.29. The number of hydrogen-bond donors (Lipinski definition) is 0. The fraction of sp³-hybridized carbons (Fsp3) is 0.750. The van der Waals surface area contributed by atoms with Crippen LogP contribution in [-0.4, -0.2) is 119 Å². The summed E-state index contributed by atoms with van der Waals surface area (Å²) in [5, 5.41) is 0. The van der Waals surface area contributed by atoms with Crippen LogP contribution >= 0.6 is 0 Å². The highest BCUT2D eigenvalue weighted by molar-refractivity contribution is 7.89. The first-order chi connectivity index (χ1) is 18.0. The Morgan fingerprint density at radius 3 is 2.24 bits per heavy atom. The smallest absolute Gasteiger partial charge is 0.248 e. The van der Waals surface area contributed by atoms with E-state index in [0.717, 1.165) is 32.5 Å². The van der Waals surface area contributed by atoms with Crippen molar-refractivity contribution in [2.75, 3.05) is 73.7 Å². The first-order valence-electron chi connectivity index (χ1n) is 14.0. The molecular formula is C28H48N4O5S. The van der Waals surface area contributed by atoms with Gasteiger partial charge in [-0.15, -0.1) is 0 Å². The number of amides is 1. The second-order valence-corrected chi connectivity index (χ2v) is 12.9. The van der Waals surface area contributed by atoms with Gasteiger partial charge in [-0.05, 0) is 82.8 Å². The van der Waals surface area contributed by atoms with Crippen LogP contribution in [0.2, 0.25) is 0 Å². The van der Waals surface area contributed by atoms with Crippen molar-refractivity contribution in [3.8, 4) is 5.75 Å². The molecule has 0 aliphatic carbocycles. The van der Waals surface area contributed by atoms with Gasteiger partial charge in [0.05, 0.1) is 18.6 Å². The molecule has 2 heterocycles. The van der Waals surface area contributed by atoms with Crippen LogP contribution < -0.4 is 4.74 Å². The molecule has 1 amide bonds. The number of benzene rings is 1. The van der Waals surface area contributed by atoms with Crippen molar-refractivity contribution in [3.63, 3.8) is 0 Å². The molecule has 0 bridgehead atoms. The second-order valence-electron chi connectivity index (χ2n) is 11.0. The Kier molecular flexibility index (Phi) is 11.4. The fourth-order valence-electron chi connectivity index (χ4n) is 5.71. The molecule has 0 aromatic heterocycles. The van der Waals surface area contributed by atoms with Crippen LogP contribution in [-0.2, 0) is 19.6 Å². The monoisotopic (exact) mass is 552 g/mol. The summed E-state index contributed by atoms with van der Waals surface area (Å²) in [5.41, 5.74) is 1.27. The molecule has 0 saturated carbocycles. The summed E-state index contributed by atoms with van der Waals surface area (Å²) in [6.45, 7) is 11.7. The van der Waals surface area contributed by atoms with Crippen molar-refractivity contribution < 1.29 is 22.7 Å². The minimum atomic E-state index is -3.69. The van der Waals surface area contributed by atoms with Gasteiger partial charge in [0.15, 0.2) is 0 Å². The molecule has 1 unspecified atom stereocenters. The number of hydrogen-bond acceptors (Lipinski definition) is 7. The molecule has 1 aromatic carbocycles. The van der Waals surface area contributed by atoms with Gasteiger partial charge in [-0.25, -0.2) is 8.42 Å². The van der Waals surface area contributed by atoms with E-state index in [-0.39, 0.29) is 36.6 Å². The van der Waals surface area contributed by atoms with Crippen LogP contribution in [0.15, 0.2) is 17.0 Å². The summed E-state index contributed by atoms with van der Waals surface area (Å²) in [6.07, 6.45) is 5.93. The molecule has 2 aliphatic rings. The summed E-state index contributed by atoms with van der Waals surface area (Å²) < 4.78 is 38.4. The lowest BCUT2D eigenvalue weighted by atomic mass is 10.0. The lowest BCUT2D eigenvalue weighted by molar-refractivity contribution is -0.137. The number of ether oxygens (including phenoxy) is 2. The topological polar surface area (TPSA) is 82.6 Å². The zero-order chi connectivity index (χ0) is 27.9. The van der Waals surface area contributed by atoms with E-state index in [0.29, 0.717) is 22.9 Å². The Hall–Kier alpha value is -1.72. The van der Waals surface area contributed by atoms with Gasteiger partial charge in [-0.2, -0.15) is 4.31 Å². The highest BCUT2D eigenvalue weighted by Crippen LogP contribution is 2.27. The van der Waals surface area contributed by atoms with Crippen molar-refractivity contribution in [2.45, 2.75) is 69.9 Å². The normalized spacial score (nSPS) is 19.0. The number of aryl methyl sites for hydroxylation is 2. The molecule has 10 heteroatoms. The SMILES string of the molecule is COc1cc(C)c(S(=O)(=O)N(C)CCOCC(=O)N(C)C2CCN(C(C)CN3CCCCC3)CC2)c(C)c1. The van der Waals surface area contributed by atoms with E-state index in [1.807, 2.05) is 11.9 Å². The van der Waals surface area contributed by atoms with Crippen LogP contribution in [0.1, 0.15) is 50.2 Å². The van der Waals surface area contributed by atoms with E-state index >= 15 is 0 Å². The van der Waals surface area contributed by atoms with Gasteiger partial charge in [-0.3, -0.25) is 9.69 Å². The van der Waals surface area contributed by atoms with Crippen LogP contribution in [0.5, 0.6) is 5.75 Å². The van der Waals surface area contributed by atoms with E-state index in [2.05, 4.69) is 16.7 Å². The molecule has 0 spiro atoms. The standard InChI is InChI=1S/C28H48N4O5S/c1-22-18-26(36-6)19-23(2)28(22)38(34,35)29(4)16-17-37-21-27(33)30(5)25-10-14-32(15-11-25)24(3)20-31-12-8-7-9-13-31/h18-19,24-25H,7-17,20-21H2,1-6H3. The van der Waals surface area contributed by atoms with E-state index in [4.69, 9.17) is 9.47 Å². The number of rotatable bonds is 12. The summed E-state index contributed by atoms with van der Waals surface area (Å²) in [5.74, 6) is 0.572. The number of carbonyl (C=O) groups is 1. The van der Waals surface area contributed by atoms with Crippen molar-refractivity contribution >= 4 is 15.9 Å². The summed E-state index contributed by atoms with van der Waals surface area (Å²) in [6, 6.07) is 4.20. The molecule has 0 radical (unpaired) electrons. The molecular weight excluding hydrogens is 504 g/mol. The maximum absolute atomic E-state index is 13.2. The average Bonchev–Trinajstić information content (AvgIpc) is 2.90. The maximum Gasteiger partial charge on any atom is 0.248 e. The van der Waals surface area contributed by atoms with Crippen LogP contribution in [0.4, 0.5) is 0 Å². The Balaban J connectivity index is 1.40. The quantitative estimate of drug-likeness (QED) is 0.369. The van der Waals surface area contributed by atoms with Crippen LogP contribution in [0, 0.1) is 13.8 Å². The molecule has 1 atom stereocenters. The van der Waals surface area contributed by atoms with Gasteiger partial charge in [0.2, 0.25) is 15.9 Å². The number of carbonyl (C=O) groups excluding carboxylic acids is 1. The average molecular weight is 553 g/mol. The predicted octanol–water partition coefficient (Wildman–Crippen LogP) is 2.75. The summed E-state index contributed by atoms with van der Waals surface area (Å²) >= 11 is 0. The van der Waals surface area contributed by atoms with Crippen LogP contribution in [0.3, 0.4) is 0 Å². The Labute approximate surface area is 230 Å². The second kappa shape index (κ2) is 14.1. The fourth-order valence-corrected chi connectivity index (χ4v) is 7.27. The predicted molar refractivity (Wildman–Crippen MR) is 150 cm³/mol. The molecule has 0 N–H and O–H groups in total. The first kappa shape index (κ1) is 30.8. The number of piperidine rings is 2. The third-order valence-corrected chi connectivity index (χ3v) is 10.3. The van der Waals surface area contributed by atoms with Gasteiger partial charge in [-0.1, -0.05) is 6.42 Å². The molecule has 2 saturated heterocycles. The Morgan fingerprint density at radius 1 is 1.05 bits per heavy atom. The van der Waals surface area contributed by atoms with E-state index in [9.17, 15) is 13.2 Å². The molecule has 2 aliphatic heterocycles. The molecule has 2 fully saturated rings. The van der Waals surface area contributed by atoms with E-state index in [1.165, 1.54) is 43.7 Å². The molecule has 3 rings (SSSR count). The minimum Gasteiger partial charge on any atom is -0.497 e. The lowest BCUT2D eigenvalue weighted by Gasteiger charge is -2.41. The van der Waals surface area contributed by atoms with Crippen molar-refractivity contribution in [2.24, 2.45) is 0 Å². The van der Waals surface area contributed by atoms with Crippen molar-refractivity contribution in [3.05, 3.63) is 23.3 Å². The number of sulfonamides is 1. The third-order valence-electron chi connectivity index (χ3n) is 8.15. The number of likely N-dealkylation sites (N-methyl/N-ethyl adjacent to an activating group) is 2. The lowest BCUT2D eigenvalue weighted by Crippen LogP contribution is -2.51. The maximum atomic E-state index is 13.2. The number of methoxy groups -OCH3 is 1. The zero-order valence-electron chi connectivity index (χ0n) is 24.2. The van der Waals surface area contributed by atoms with Gasteiger partial charge >= 0.3 is 0 Å². The van der Waals surface area contributed by atoms with Gasteiger partial charge in [0.25, 0.3) is 0 Å². The highest BCUT2D eigenvalue weighted by atomic mass is 32.2. The molecule has 38 heavy (non-hydrogen) atoms. The number of likely N-dealkylation sites (tertiary alicyclic amines) is 2. The van der Waals surface area contributed by atoms with Crippen molar-refractivity contribution in [1.82, 2.24) is 19.0 Å². The minimum absolute atomic E-state index is 0.0451. The summed E-state index contributed by atoms with van der Waals surface area (Å²) in [7, 11) is 1.27. The van der Waals surface area contributed by atoms with E-state index in [1.54, 1.807) is 33.1 Å². The largest absolute Gasteiger partial charge is 0.497 e. The molecule has 9 nitrogen and oxygen atoms in total. The third kappa shape index (κ3) is 7.91. The number of nitrogens with zero attached hydrogens (tertiary/aromatic N) is 4. The van der Waals surface area contributed by atoms with Crippen molar-refractivity contribution in [1.29, 1.82) is 0 Å². The van der Waals surface area contributed by atoms with Gasteiger partial charge in [0.1, 0.15) is 12.4 Å². The molecule has 216 valence electrons. The van der Waals surface area contributed by atoms with Gasteiger partial charge < -0.3 is 19.3 Å². The van der Waals surface area contributed by atoms with E-state index < -0.39 is 10.0 Å². The van der Waals surface area contributed by atoms with Gasteiger partial charge in [0, 0.05) is 52.4 Å². The first-order valence-corrected chi connectivity index (χ1v) is 15.4. The Bertz CT molecular complexity index is 997. The molecule has 1 aromatic rings. The van der Waals surface area contributed by atoms with Crippen LogP contribution in [0.25, 0.3) is 0 Å². The summed E-state index contributed by atoms with van der Waals surface area (Å²) in [4.78, 5) is 20.0. The Morgan fingerprint density at radius 2 is 1.66 bits per heavy atom. The zero-order valence-corrected chi connectivity index (χ0v) is 25.1.